The second kappa shape index (κ2) is 5.67. The molecule has 0 amide bonds. The number of nitro groups is 2. The number of hydrogen-bond acceptors (Lipinski definition) is 7. The highest BCUT2D eigenvalue weighted by molar-refractivity contribution is 6.99. The van der Waals surface area contributed by atoms with Crippen LogP contribution in [0.2, 0.25) is 0 Å². The summed E-state index contributed by atoms with van der Waals surface area (Å²) >= 11 is 0.938. The summed E-state index contributed by atoms with van der Waals surface area (Å²) in [5.41, 5.74) is 1.89. The van der Waals surface area contributed by atoms with E-state index in [9.17, 15) is 20.2 Å². The van der Waals surface area contributed by atoms with Gasteiger partial charge in [0.2, 0.25) is 5.54 Å². The van der Waals surface area contributed by atoms with Crippen LogP contribution < -0.4 is 0 Å². The third kappa shape index (κ3) is 2.09. The van der Waals surface area contributed by atoms with E-state index in [0.29, 0.717) is 24.2 Å². The van der Waals surface area contributed by atoms with Crippen LogP contribution in [0.5, 0.6) is 0 Å². The third-order valence-corrected chi connectivity index (χ3v) is 7.81. The molecule has 3 aliphatic carbocycles. The Morgan fingerprint density at radius 2 is 1.56 bits per heavy atom. The fourth-order valence-electron chi connectivity index (χ4n) is 5.54. The van der Waals surface area contributed by atoms with Crippen molar-refractivity contribution in [1.29, 1.82) is 0 Å². The summed E-state index contributed by atoms with van der Waals surface area (Å²) in [5.74, 6) is -1.20. The highest BCUT2D eigenvalue weighted by Crippen LogP contribution is 2.63. The lowest BCUT2D eigenvalue weighted by Crippen LogP contribution is -2.65. The predicted molar refractivity (Wildman–Crippen MR) is 99.8 cm³/mol. The van der Waals surface area contributed by atoms with Gasteiger partial charge >= 0.3 is 0 Å². The minimum absolute atomic E-state index is 0.166. The SMILES string of the molecule is CC1=C(C)C[C@]2([N+](=O)[O-])[C@H](C1)c1nsnc1[C@@]1([N+](=O)[O-])CC(C)=C(C)C[C@@H]21. The molecule has 0 aromatic carbocycles. The molecule has 0 bridgehead atoms. The average Bonchev–Trinajstić information content (AvgIpc) is 3.08. The number of hydrogen-bond donors (Lipinski definition) is 0. The predicted octanol–water partition coefficient (Wildman–Crippen LogP) is 4.00. The monoisotopic (exact) mass is 390 g/mol. The number of fused-ring (bicyclic) bond motifs is 6. The summed E-state index contributed by atoms with van der Waals surface area (Å²) in [6.07, 6.45) is 1.27. The van der Waals surface area contributed by atoms with Crippen molar-refractivity contribution in [3.05, 3.63) is 53.9 Å². The Morgan fingerprint density at radius 3 is 2.19 bits per heavy atom. The normalized spacial score (nSPS) is 35.4. The summed E-state index contributed by atoms with van der Waals surface area (Å²) in [4.78, 5) is 24.6. The van der Waals surface area contributed by atoms with Crippen molar-refractivity contribution >= 4 is 11.7 Å². The summed E-state index contributed by atoms with van der Waals surface area (Å²) in [5, 5.41) is 25.1. The van der Waals surface area contributed by atoms with Crippen LogP contribution in [-0.2, 0) is 5.54 Å². The van der Waals surface area contributed by atoms with Gasteiger partial charge in [-0.05, 0) is 40.5 Å². The second-order valence-corrected chi connectivity index (χ2v) is 8.94. The molecule has 9 heteroatoms. The largest absolute Gasteiger partial charge is 0.280 e. The Hall–Kier alpha value is -2.16. The Labute approximate surface area is 161 Å². The van der Waals surface area contributed by atoms with Gasteiger partial charge < -0.3 is 0 Å². The molecule has 4 atom stereocenters. The van der Waals surface area contributed by atoms with Crippen molar-refractivity contribution in [3.8, 4) is 0 Å². The van der Waals surface area contributed by atoms with Crippen molar-refractivity contribution in [2.45, 2.75) is 70.4 Å². The van der Waals surface area contributed by atoms with E-state index in [4.69, 9.17) is 0 Å². The van der Waals surface area contributed by atoms with Gasteiger partial charge in [0.25, 0.3) is 5.54 Å². The van der Waals surface area contributed by atoms with Crippen LogP contribution in [0.25, 0.3) is 0 Å². The zero-order chi connectivity index (χ0) is 19.7. The Bertz CT molecular complexity index is 936. The fourth-order valence-corrected chi connectivity index (χ4v) is 6.22. The molecule has 27 heavy (non-hydrogen) atoms. The minimum Gasteiger partial charge on any atom is -0.264 e. The highest BCUT2D eigenvalue weighted by atomic mass is 32.1. The molecule has 3 aliphatic rings. The maximum atomic E-state index is 12.6. The van der Waals surface area contributed by atoms with Gasteiger partial charge in [-0.25, -0.2) is 0 Å². The third-order valence-electron chi connectivity index (χ3n) is 7.26. The van der Waals surface area contributed by atoms with Gasteiger partial charge in [0.1, 0.15) is 5.92 Å². The van der Waals surface area contributed by atoms with Crippen LogP contribution in [-0.4, -0.2) is 24.1 Å². The van der Waals surface area contributed by atoms with Crippen molar-refractivity contribution < 1.29 is 9.85 Å². The zero-order valence-corrected chi connectivity index (χ0v) is 16.6. The molecule has 0 saturated heterocycles. The molecule has 144 valence electrons. The van der Waals surface area contributed by atoms with Gasteiger partial charge in [0.05, 0.1) is 23.3 Å². The van der Waals surface area contributed by atoms with Gasteiger partial charge in [-0.1, -0.05) is 22.3 Å². The Kier molecular flexibility index (Phi) is 3.82. The van der Waals surface area contributed by atoms with Gasteiger partial charge in [-0.3, -0.25) is 20.2 Å². The summed E-state index contributed by atoms with van der Waals surface area (Å²) in [6.45, 7) is 7.73. The lowest BCUT2D eigenvalue weighted by molar-refractivity contribution is -0.647. The minimum atomic E-state index is -1.57. The van der Waals surface area contributed by atoms with Gasteiger partial charge in [-0.2, -0.15) is 8.75 Å². The molecule has 1 heterocycles. The van der Waals surface area contributed by atoms with Gasteiger partial charge in [0, 0.05) is 22.7 Å². The molecule has 0 N–H and O–H groups in total. The summed E-state index contributed by atoms with van der Waals surface area (Å²) in [6, 6.07) is 0. The van der Waals surface area contributed by atoms with Crippen molar-refractivity contribution in [3.63, 3.8) is 0 Å². The van der Waals surface area contributed by atoms with Crippen LogP contribution >= 0.6 is 11.7 Å². The van der Waals surface area contributed by atoms with Crippen molar-refractivity contribution in [2.24, 2.45) is 5.92 Å². The van der Waals surface area contributed by atoms with Crippen LogP contribution in [0.4, 0.5) is 0 Å². The van der Waals surface area contributed by atoms with E-state index < -0.39 is 22.9 Å². The number of aromatic nitrogens is 2. The summed E-state index contributed by atoms with van der Waals surface area (Å²) < 4.78 is 8.72. The number of allylic oxidation sites excluding steroid dienone is 2. The first kappa shape index (κ1) is 18.2. The molecular formula is C18H22N4O4S. The Balaban J connectivity index is 2.09. The molecular weight excluding hydrogens is 368 g/mol. The van der Waals surface area contributed by atoms with E-state index >= 15 is 0 Å². The molecule has 1 aromatic heterocycles. The van der Waals surface area contributed by atoms with E-state index in [1.54, 1.807) is 0 Å². The molecule has 0 spiro atoms. The summed E-state index contributed by atoms with van der Waals surface area (Å²) in [7, 11) is 0. The maximum Gasteiger partial charge on any atom is 0.280 e. The fraction of sp³-hybridized carbons (Fsp3) is 0.667. The van der Waals surface area contributed by atoms with E-state index in [0.717, 1.165) is 34.0 Å². The van der Waals surface area contributed by atoms with Gasteiger partial charge in [0.15, 0.2) is 5.69 Å². The lowest BCUT2D eigenvalue weighted by Gasteiger charge is -2.50. The van der Waals surface area contributed by atoms with Crippen LogP contribution in [0, 0.1) is 26.1 Å². The molecule has 8 nitrogen and oxygen atoms in total. The lowest BCUT2D eigenvalue weighted by atomic mass is 9.50. The first-order valence-electron chi connectivity index (χ1n) is 9.08. The molecule has 0 unspecified atom stereocenters. The smallest absolute Gasteiger partial charge is 0.264 e. The molecule has 4 rings (SSSR count). The van der Waals surface area contributed by atoms with Crippen molar-refractivity contribution in [1.82, 2.24) is 8.75 Å². The van der Waals surface area contributed by atoms with Crippen molar-refractivity contribution in [2.75, 3.05) is 0 Å². The second-order valence-electron chi connectivity index (χ2n) is 8.42. The number of rotatable bonds is 2. The Morgan fingerprint density at radius 1 is 0.926 bits per heavy atom. The maximum absolute atomic E-state index is 12.6. The van der Waals surface area contributed by atoms with E-state index in [2.05, 4.69) is 8.75 Å². The molecule has 0 saturated carbocycles. The number of nitrogens with zero attached hydrogens (tertiary/aromatic N) is 4. The zero-order valence-electron chi connectivity index (χ0n) is 15.8. The topological polar surface area (TPSA) is 112 Å². The molecule has 0 radical (unpaired) electrons. The first-order valence-corrected chi connectivity index (χ1v) is 9.81. The van der Waals surface area contributed by atoms with E-state index in [-0.39, 0.29) is 22.7 Å². The van der Waals surface area contributed by atoms with E-state index in [1.807, 2.05) is 27.7 Å². The molecule has 0 fully saturated rings. The standard InChI is InChI=1S/C18H22N4O4S/c1-9-5-13-15-16(20-27-19-15)18(22(25)26)8-12(4)10(2)6-14(18)17(13,21(23)24)7-11(9)3/h13-14H,5-8H2,1-4H3/t13-,14+,17+,18-/m1/s1. The average molecular weight is 390 g/mol. The highest BCUT2D eigenvalue weighted by Gasteiger charge is 2.76. The van der Waals surface area contributed by atoms with Crippen LogP contribution in [0.3, 0.4) is 0 Å². The first-order chi connectivity index (χ1) is 12.7. The quantitative estimate of drug-likeness (QED) is 0.428. The van der Waals surface area contributed by atoms with Crippen LogP contribution in [0.15, 0.2) is 22.3 Å². The van der Waals surface area contributed by atoms with Gasteiger partial charge in [-0.15, -0.1) is 0 Å². The van der Waals surface area contributed by atoms with Crippen LogP contribution in [0.1, 0.15) is 70.7 Å². The molecule has 0 aliphatic heterocycles. The van der Waals surface area contributed by atoms with E-state index in [1.165, 1.54) is 0 Å². The molecule has 1 aromatic rings.